The molecule has 3 saturated heterocycles. The number of nitrogens with zero attached hydrogens (tertiary/aromatic N) is 4. The van der Waals surface area contributed by atoms with Gasteiger partial charge in [0.2, 0.25) is 5.91 Å². The Labute approximate surface area is 214 Å². The quantitative estimate of drug-likeness (QED) is 0.655. The van der Waals surface area contributed by atoms with Crippen molar-refractivity contribution in [1.82, 2.24) is 19.7 Å². The van der Waals surface area contributed by atoms with Gasteiger partial charge in [-0.3, -0.25) is 15.0 Å². The van der Waals surface area contributed by atoms with E-state index in [0.29, 0.717) is 19.0 Å². The van der Waals surface area contributed by atoms with Crippen LogP contribution in [0.15, 0.2) is 30.5 Å². The summed E-state index contributed by atoms with van der Waals surface area (Å²) < 4.78 is 2.43. The predicted octanol–water partition coefficient (Wildman–Crippen LogP) is 4.77. The van der Waals surface area contributed by atoms with Crippen LogP contribution in [0.2, 0.25) is 0 Å². The molecular formula is C29H41N5O2. The number of imide groups is 1. The summed E-state index contributed by atoms with van der Waals surface area (Å²) in [5.41, 5.74) is 2.08. The van der Waals surface area contributed by atoms with Gasteiger partial charge in [0, 0.05) is 56.3 Å². The van der Waals surface area contributed by atoms with E-state index >= 15 is 0 Å². The molecule has 7 heteroatoms. The fourth-order valence-electron chi connectivity index (χ4n) is 7.25. The molecule has 4 aliphatic rings. The highest BCUT2D eigenvalue weighted by Crippen LogP contribution is 2.34. The van der Waals surface area contributed by atoms with E-state index in [1.165, 1.54) is 96.0 Å². The largest absolute Gasteiger partial charge is 0.344 e. The first-order chi connectivity index (χ1) is 17.7. The van der Waals surface area contributed by atoms with Crippen LogP contribution in [0.5, 0.6) is 0 Å². The number of fused-ring (bicyclic) bond motifs is 1. The van der Waals surface area contributed by atoms with Gasteiger partial charge in [0.05, 0.1) is 11.2 Å². The number of hydrogen-bond donors (Lipinski definition) is 1. The van der Waals surface area contributed by atoms with Crippen LogP contribution in [-0.2, 0) is 4.79 Å². The van der Waals surface area contributed by atoms with E-state index in [2.05, 4.69) is 38.0 Å². The van der Waals surface area contributed by atoms with E-state index in [-0.39, 0.29) is 11.9 Å². The van der Waals surface area contributed by atoms with Gasteiger partial charge in [-0.1, -0.05) is 25.3 Å². The maximum absolute atomic E-state index is 12.4. The van der Waals surface area contributed by atoms with E-state index < -0.39 is 0 Å². The van der Waals surface area contributed by atoms with Gasteiger partial charge in [0.1, 0.15) is 0 Å². The van der Waals surface area contributed by atoms with Crippen molar-refractivity contribution in [1.29, 1.82) is 0 Å². The van der Waals surface area contributed by atoms with Crippen LogP contribution < -0.4 is 10.2 Å². The van der Waals surface area contributed by atoms with Crippen LogP contribution in [0.4, 0.5) is 10.5 Å². The number of carbonyl (C=O) groups excluding carboxylic acids is 2. The normalized spacial score (nSPS) is 24.5. The lowest BCUT2D eigenvalue weighted by Crippen LogP contribution is -2.49. The number of piperidine rings is 2. The SMILES string of the molecule is O=C1CCN(c2cccc3c2ccn3C2CCN(C3CCN(CC4CCCCC4)CC3)CC2)C(=O)N1. The first kappa shape index (κ1) is 24.0. The molecule has 194 valence electrons. The average Bonchev–Trinajstić information content (AvgIpc) is 3.35. The third kappa shape index (κ3) is 4.92. The summed E-state index contributed by atoms with van der Waals surface area (Å²) >= 11 is 0. The van der Waals surface area contributed by atoms with E-state index in [1.54, 1.807) is 4.90 Å². The van der Waals surface area contributed by atoms with Gasteiger partial charge in [-0.15, -0.1) is 0 Å². The van der Waals surface area contributed by atoms with E-state index in [1.807, 2.05) is 12.1 Å². The van der Waals surface area contributed by atoms with Crippen molar-refractivity contribution in [2.45, 2.75) is 76.3 Å². The van der Waals surface area contributed by atoms with Gasteiger partial charge in [0.15, 0.2) is 0 Å². The highest BCUT2D eigenvalue weighted by molar-refractivity contribution is 6.09. The molecule has 4 fully saturated rings. The lowest BCUT2D eigenvalue weighted by molar-refractivity contribution is -0.120. The minimum absolute atomic E-state index is 0.192. The molecule has 2 aromatic rings. The second kappa shape index (κ2) is 10.5. The molecule has 1 aromatic carbocycles. The van der Waals surface area contributed by atoms with E-state index in [9.17, 15) is 9.59 Å². The Morgan fingerprint density at radius 2 is 1.56 bits per heavy atom. The van der Waals surface area contributed by atoms with Gasteiger partial charge >= 0.3 is 6.03 Å². The predicted molar refractivity (Wildman–Crippen MR) is 143 cm³/mol. The van der Waals surface area contributed by atoms with Crippen LogP contribution in [0.1, 0.15) is 70.3 Å². The molecule has 36 heavy (non-hydrogen) atoms. The van der Waals surface area contributed by atoms with Crippen molar-refractivity contribution in [3.63, 3.8) is 0 Å². The number of urea groups is 1. The van der Waals surface area contributed by atoms with Crippen molar-refractivity contribution in [3.8, 4) is 0 Å². The first-order valence-corrected chi connectivity index (χ1v) is 14.3. The van der Waals surface area contributed by atoms with Gasteiger partial charge < -0.3 is 14.4 Å². The molecule has 7 nitrogen and oxygen atoms in total. The molecule has 1 saturated carbocycles. The van der Waals surface area contributed by atoms with Crippen LogP contribution in [0.25, 0.3) is 10.9 Å². The van der Waals surface area contributed by atoms with Crippen molar-refractivity contribution < 1.29 is 9.59 Å². The highest BCUT2D eigenvalue weighted by atomic mass is 16.2. The molecule has 0 atom stereocenters. The monoisotopic (exact) mass is 491 g/mol. The molecule has 4 heterocycles. The minimum atomic E-state index is -0.315. The van der Waals surface area contributed by atoms with Crippen LogP contribution in [0.3, 0.4) is 0 Å². The van der Waals surface area contributed by atoms with Gasteiger partial charge in [0.25, 0.3) is 0 Å². The summed E-state index contributed by atoms with van der Waals surface area (Å²) in [6, 6.07) is 9.27. The van der Waals surface area contributed by atoms with Gasteiger partial charge in [-0.2, -0.15) is 0 Å². The Balaban J connectivity index is 1.05. The molecule has 1 aliphatic carbocycles. The minimum Gasteiger partial charge on any atom is -0.344 e. The number of anilines is 1. The molecule has 0 radical (unpaired) electrons. The fourth-order valence-corrected chi connectivity index (χ4v) is 7.25. The third-order valence-electron chi connectivity index (χ3n) is 9.29. The lowest BCUT2D eigenvalue weighted by atomic mass is 9.88. The van der Waals surface area contributed by atoms with Crippen molar-refractivity contribution in [2.24, 2.45) is 5.92 Å². The Bertz CT molecular complexity index is 1070. The summed E-state index contributed by atoms with van der Waals surface area (Å²) in [6.07, 6.45) is 14.8. The molecule has 3 amide bonds. The molecule has 0 bridgehead atoms. The first-order valence-electron chi connectivity index (χ1n) is 14.3. The lowest BCUT2D eigenvalue weighted by Gasteiger charge is -2.43. The molecule has 1 aromatic heterocycles. The number of carbonyl (C=O) groups is 2. The Morgan fingerprint density at radius 1 is 0.806 bits per heavy atom. The van der Waals surface area contributed by atoms with Gasteiger partial charge in [-0.25, -0.2) is 4.79 Å². The summed E-state index contributed by atoms with van der Waals surface area (Å²) in [5.74, 6) is 0.761. The van der Waals surface area contributed by atoms with E-state index in [0.717, 1.165) is 23.0 Å². The molecule has 0 unspecified atom stereocenters. The zero-order chi connectivity index (χ0) is 24.5. The van der Waals surface area contributed by atoms with Crippen molar-refractivity contribution in [2.75, 3.05) is 44.2 Å². The number of aromatic nitrogens is 1. The van der Waals surface area contributed by atoms with Crippen LogP contribution >= 0.6 is 0 Å². The number of benzene rings is 1. The number of hydrogen-bond acceptors (Lipinski definition) is 4. The molecule has 6 rings (SSSR count). The Kier molecular flexibility index (Phi) is 7.02. The maximum Gasteiger partial charge on any atom is 0.328 e. The second-order valence-corrected chi connectivity index (χ2v) is 11.5. The number of rotatable bonds is 5. The highest BCUT2D eigenvalue weighted by Gasteiger charge is 2.31. The van der Waals surface area contributed by atoms with Crippen LogP contribution in [-0.4, -0.2) is 71.6 Å². The molecular weight excluding hydrogens is 450 g/mol. The average molecular weight is 492 g/mol. The zero-order valence-electron chi connectivity index (χ0n) is 21.5. The van der Waals surface area contributed by atoms with E-state index in [4.69, 9.17) is 0 Å². The van der Waals surface area contributed by atoms with Crippen LogP contribution in [0, 0.1) is 5.92 Å². The number of amides is 3. The third-order valence-corrected chi connectivity index (χ3v) is 9.29. The van der Waals surface area contributed by atoms with Gasteiger partial charge in [-0.05, 0) is 75.7 Å². The second-order valence-electron chi connectivity index (χ2n) is 11.5. The Hall–Kier alpha value is -2.38. The summed E-state index contributed by atoms with van der Waals surface area (Å²) in [4.78, 5) is 31.3. The number of likely N-dealkylation sites (tertiary alicyclic amines) is 2. The fraction of sp³-hybridized carbons (Fsp3) is 0.655. The zero-order valence-corrected chi connectivity index (χ0v) is 21.5. The molecule has 3 aliphatic heterocycles. The standard InChI is InChI=1S/C29H41N5O2/c35-28-14-20-34(29(36)30-28)27-8-4-7-26-25(27)13-19-33(26)24-11-17-32(18-12-24)23-9-15-31(16-10-23)21-22-5-2-1-3-6-22/h4,7-8,13,19,22-24H,1-3,5-6,9-12,14-18,20-21H2,(H,30,35,36). The van der Waals surface area contributed by atoms with Crippen molar-refractivity contribution >= 4 is 28.5 Å². The summed E-state index contributed by atoms with van der Waals surface area (Å²) in [6.45, 7) is 6.69. The Morgan fingerprint density at radius 3 is 2.31 bits per heavy atom. The molecule has 1 N–H and O–H groups in total. The summed E-state index contributed by atoms with van der Waals surface area (Å²) in [7, 11) is 0. The van der Waals surface area contributed by atoms with Crippen molar-refractivity contribution in [3.05, 3.63) is 30.5 Å². The summed E-state index contributed by atoms with van der Waals surface area (Å²) in [5, 5.41) is 3.55. The topological polar surface area (TPSA) is 60.8 Å². The number of nitrogens with one attached hydrogen (secondary N) is 1. The smallest absolute Gasteiger partial charge is 0.328 e. The molecule has 0 spiro atoms. The maximum atomic E-state index is 12.4.